The highest BCUT2D eigenvalue weighted by Gasteiger charge is 2.05. The van der Waals surface area contributed by atoms with Crippen molar-refractivity contribution >= 4 is 29.9 Å². The van der Waals surface area contributed by atoms with E-state index in [1.165, 1.54) is 12.1 Å². The summed E-state index contributed by atoms with van der Waals surface area (Å²) < 4.78 is 20.9. The van der Waals surface area contributed by atoms with Gasteiger partial charge in [0.25, 0.3) is 0 Å². The Morgan fingerprint density at radius 1 is 1.25 bits per heavy atom. The van der Waals surface area contributed by atoms with Crippen molar-refractivity contribution < 1.29 is 9.13 Å². The molecule has 0 aliphatic carbocycles. The second-order valence-electron chi connectivity index (χ2n) is 6.40. The standard InChI is InChI=1S/C20H30FN5O.HI/c1-4-22-20(24-11-5-6-13-26-14-12-23-17(26)3)25-15-16(2)27-19-9-7-18(21)8-10-19;/h7-10,12,14,16H,4-6,11,13,15H2,1-3H3,(H2,22,24,25);1H. The van der Waals surface area contributed by atoms with Crippen LogP contribution in [-0.2, 0) is 6.54 Å². The number of unbranched alkanes of at least 4 members (excludes halogenated alkanes) is 1. The Hall–Kier alpha value is -1.84. The van der Waals surface area contributed by atoms with Crippen LogP contribution in [0.2, 0.25) is 0 Å². The van der Waals surface area contributed by atoms with E-state index in [2.05, 4.69) is 25.2 Å². The number of halogens is 2. The van der Waals surface area contributed by atoms with Crippen molar-refractivity contribution in [1.29, 1.82) is 0 Å². The van der Waals surface area contributed by atoms with Gasteiger partial charge >= 0.3 is 0 Å². The highest BCUT2D eigenvalue weighted by molar-refractivity contribution is 14.0. The van der Waals surface area contributed by atoms with E-state index < -0.39 is 0 Å². The summed E-state index contributed by atoms with van der Waals surface area (Å²) in [4.78, 5) is 8.80. The maximum Gasteiger partial charge on any atom is 0.191 e. The Balaban J connectivity index is 0.00000392. The molecule has 0 fully saturated rings. The second kappa shape index (κ2) is 13.4. The lowest BCUT2D eigenvalue weighted by Crippen LogP contribution is -2.38. The van der Waals surface area contributed by atoms with Crippen molar-refractivity contribution in [2.75, 3.05) is 19.6 Å². The molecule has 1 aromatic carbocycles. The molecule has 0 spiro atoms. The topological polar surface area (TPSA) is 63.5 Å². The van der Waals surface area contributed by atoms with Crippen molar-refractivity contribution in [3.63, 3.8) is 0 Å². The molecule has 2 aromatic rings. The SMILES string of the molecule is CCNC(=NCC(C)Oc1ccc(F)cc1)NCCCCn1ccnc1C.I. The average Bonchev–Trinajstić information content (AvgIpc) is 3.06. The summed E-state index contributed by atoms with van der Waals surface area (Å²) in [5, 5.41) is 6.59. The molecule has 1 aromatic heterocycles. The first-order chi connectivity index (χ1) is 13.1. The third-order valence-corrected chi connectivity index (χ3v) is 4.04. The number of ether oxygens (including phenoxy) is 1. The number of nitrogens with zero attached hydrogens (tertiary/aromatic N) is 3. The summed E-state index contributed by atoms with van der Waals surface area (Å²) in [5.41, 5.74) is 0. The zero-order valence-corrected chi connectivity index (χ0v) is 19.2. The lowest BCUT2D eigenvalue weighted by Gasteiger charge is -2.15. The molecule has 0 radical (unpaired) electrons. The van der Waals surface area contributed by atoms with Gasteiger partial charge in [0.15, 0.2) is 5.96 Å². The van der Waals surface area contributed by atoms with E-state index in [4.69, 9.17) is 4.74 Å². The van der Waals surface area contributed by atoms with Gasteiger partial charge in [-0.15, -0.1) is 24.0 Å². The minimum absolute atomic E-state index is 0. The third-order valence-electron chi connectivity index (χ3n) is 4.04. The maximum absolute atomic E-state index is 12.9. The first-order valence-electron chi connectivity index (χ1n) is 9.50. The summed E-state index contributed by atoms with van der Waals surface area (Å²) in [7, 11) is 0. The molecule has 0 aliphatic heterocycles. The van der Waals surface area contributed by atoms with Crippen LogP contribution in [-0.4, -0.2) is 41.2 Å². The van der Waals surface area contributed by atoms with Gasteiger partial charge in [0.2, 0.25) is 0 Å². The van der Waals surface area contributed by atoms with E-state index in [-0.39, 0.29) is 35.9 Å². The van der Waals surface area contributed by atoms with Crippen LogP contribution in [0, 0.1) is 12.7 Å². The number of hydrogen-bond acceptors (Lipinski definition) is 3. The molecule has 2 N–H and O–H groups in total. The molecule has 156 valence electrons. The first kappa shape index (κ1) is 24.2. The van der Waals surface area contributed by atoms with Crippen LogP contribution in [0.3, 0.4) is 0 Å². The van der Waals surface area contributed by atoms with Gasteiger partial charge in [0.05, 0.1) is 6.54 Å². The number of imidazole rings is 1. The van der Waals surface area contributed by atoms with Crippen molar-refractivity contribution in [3.8, 4) is 5.75 Å². The Labute approximate surface area is 184 Å². The summed E-state index contributed by atoms with van der Waals surface area (Å²) in [6.45, 7) is 9.15. The lowest BCUT2D eigenvalue weighted by atomic mass is 10.3. The molecule has 1 atom stereocenters. The second-order valence-corrected chi connectivity index (χ2v) is 6.40. The molecule has 0 aliphatic rings. The summed E-state index contributed by atoms with van der Waals surface area (Å²) in [5.74, 6) is 2.21. The Kier molecular flexibility index (Phi) is 11.5. The van der Waals surface area contributed by atoms with Crippen LogP contribution in [0.15, 0.2) is 41.7 Å². The summed E-state index contributed by atoms with van der Waals surface area (Å²) in [6, 6.07) is 6.03. The maximum atomic E-state index is 12.9. The number of guanidine groups is 1. The third kappa shape index (κ3) is 8.90. The van der Waals surface area contributed by atoms with Crippen LogP contribution < -0.4 is 15.4 Å². The highest BCUT2D eigenvalue weighted by atomic mass is 127. The molecule has 28 heavy (non-hydrogen) atoms. The van der Waals surface area contributed by atoms with E-state index in [9.17, 15) is 4.39 Å². The average molecular weight is 503 g/mol. The van der Waals surface area contributed by atoms with E-state index in [1.54, 1.807) is 12.1 Å². The lowest BCUT2D eigenvalue weighted by molar-refractivity contribution is 0.230. The van der Waals surface area contributed by atoms with Gasteiger partial charge in [0.1, 0.15) is 23.5 Å². The number of rotatable bonds is 10. The quantitative estimate of drug-likeness (QED) is 0.225. The van der Waals surface area contributed by atoms with Crippen LogP contribution >= 0.6 is 24.0 Å². The van der Waals surface area contributed by atoms with Gasteiger partial charge in [-0.2, -0.15) is 0 Å². The van der Waals surface area contributed by atoms with Crippen LogP contribution in [0.25, 0.3) is 0 Å². The van der Waals surface area contributed by atoms with Crippen LogP contribution in [0.5, 0.6) is 5.75 Å². The van der Waals surface area contributed by atoms with Gasteiger partial charge in [-0.25, -0.2) is 14.4 Å². The molecule has 2 rings (SSSR count). The molecule has 1 unspecified atom stereocenters. The zero-order valence-electron chi connectivity index (χ0n) is 16.8. The van der Waals surface area contributed by atoms with Crippen LogP contribution in [0.4, 0.5) is 4.39 Å². The fourth-order valence-electron chi connectivity index (χ4n) is 2.60. The molecule has 1 heterocycles. The predicted molar refractivity (Wildman–Crippen MR) is 122 cm³/mol. The van der Waals surface area contributed by atoms with Crippen molar-refractivity contribution in [3.05, 3.63) is 48.3 Å². The minimum Gasteiger partial charge on any atom is -0.489 e. The van der Waals surface area contributed by atoms with E-state index >= 15 is 0 Å². The number of nitrogens with one attached hydrogen (secondary N) is 2. The van der Waals surface area contributed by atoms with Crippen molar-refractivity contribution in [1.82, 2.24) is 20.2 Å². The van der Waals surface area contributed by atoms with E-state index in [0.717, 1.165) is 44.3 Å². The monoisotopic (exact) mass is 503 g/mol. The highest BCUT2D eigenvalue weighted by Crippen LogP contribution is 2.13. The molecule has 0 saturated heterocycles. The number of hydrogen-bond donors (Lipinski definition) is 2. The van der Waals surface area contributed by atoms with Gasteiger partial charge in [0, 0.05) is 32.0 Å². The molecular formula is C20H31FIN5O. The normalized spacial score (nSPS) is 12.2. The Morgan fingerprint density at radius 2 is 2.00 bits per heavy atom. The number of aromatic nitrogens is 2. The Morgan fingerprint density at radius 3 is 2.64 bits per heavy atom. The molecule has 0 amide bonds. The fraction of sp³-hybridized carbons (Fsp3) is 0.500. The Bertz CT molecular complexity index is 705. The van der Waals surface area contributed by atoms with E-state index in [1.807, 2.05) is 33.2 Å². The largest absolute Gasteiger partial charge is 0.489 e. The van der Waals surface area contributed by atoms with Gasteiger partial charge in [-0.3, -0.25) is 0 Å². The fourth-order valence-corrected chi connectivity index (χ4v) is 2.60. The smallest absolute Gasteiger partial charge is 0.191 e. The molecule has 0 saturated carbocycles. The van der Waals surface area contributed by atoms with E-state index in [0.29, 0.717) is 12.3 Å². The van der Waals surface area contributed by atoms with Crippen molar-refractivity contribution in [2.45, 2.75) is 46.3 Å². The molecule has 6 nitrogen and oxygen atoms in total. The molecule has 0 bridgehead atoms. The number of aryl methyl sites for hydroxylation is 2. The van der Waals surface area contributed by atoms with Gasteiger partial charge in [-0.05, 0) is 57.9 Å². The van der Waals surface area contributed by atoms with Gasteiger partial charge < -0.3 is 19.9 Å². The summed E-state index contributed by atoms with van der Waals surface area (Å²) in [6.07, 6.45) is 5.86. The summed E-state index contributed by atoms with van der Waals surface area (Å²) >= 11 is 0. The first-order valence-corrected chi connectivity index (χ1v) is 9.50. The predicted octanol–water partition coefficient (Wildman–Crippen LogP) is 3.75. The van der Waals surface area contributed by atoms with Crippen LogP contribution in [0.1, 0.15) is 32.5 Å². The molecular weight excluding hydrogens is 472 g/mol. The van der Waals surface area contributed by atoms with Gasteiger partial charge in [-0.1, -0.05) is 0 Å². The number of benzene rings is 1. The minimum atomic E-state index is -0.269. The number of aliphatic imine (C=N–C) groups is 1. The zero-order chi connectivity index (χ0) is 19.5. The van der Waals surface area contributed by atoms with Crippen molar-refractivity contribution in [2.24, 2.45) is 4.99 Å². The molecule has 8 heteroatoms.